The lowest BCUT2D eigenvalue weighted by Gasteiger charge is -2.10. The molecule has 31 heavy (non-hydrogen) atoms. The van der Waals surface area contributed by atoms with Crippen molar-refractivity contribution in [1.29, 1.82) is 0 Å². The minimum Gasteiger partial charge on any atom is -0.439 e. The fourth-order valence-electron chi connectivity index (χ4n) is 3.23. The van der Waals surface area contributed by atoms with Crippen LogP contribution in [0, 0.1) is 0 Å². The number of esters is 1. The molecule has 0 aliphatic heterocycles. The van der Waals surface area contributed by atoms with E-state index in [0.717, 1.165) is 9.56 Å². The minimum atomic E-state index is -0.593. The first-order chi connectivity index (χ1) is 15.1. The first-order valence-corrected chi connectivity index (χ1v) is 10.4. The third-order valence-corrected chi connectivity index (χ3v) is 5.96. The van der Waals surface area contributed by atoms with E-state index in [2.05, 4.69) is 15.3 Å². The van der Waals surface area contributed by atoms with Gasteiger partial charge in [0.1, 0.15) is 5.52 Å². The average Bonchev–Trinajstić information content (AvgIpc) is 3.24. The second kappa shape index (κ2) is 7.90. The van der Waals surface area contributed by atoms with E-state index >= 15 is 0 Å². The van der Waals surface area contributed by atoms with Gasteiger partial charge in [0.05, 0.1) is 31.4 Å². The Kier molecular flexibility index (Phi) is 4.93. The number of rotatable bonds is 4. The number of carbonyl (C=O) groups is 1. The van der Waals surface area contributed by atoms with Gasteiger partial charge in [-0.2, -0.15) is 4.68 Å². The van der Waals surface area contributed by atoms with Gasteiger partial charge in [0.2, 0.25) is 0 Å². The highest BCUT2D eigenvalue weighted by Gasteiger charge is 2.17. The van der Waals surface area contributed by atoms with E-state index in [1.54, 1.807) is 42.5 Å². The monoisotopic (exact) mass is 448 g/mol. The Morgan fingerprint density at radius 3 is 2.52 bits per heavy atom. The highest BCUT2D eigenvalue weighted by Crippen LogP contribution is 2.32. The molecule has 7 nitrogen and oxygen atoms in total. The summed E-state index contributed by atoms with van der Waals surface area (Å²) >= 11 is 7.43. The van der Waals surface area contributed by atoms with Gasteiger partial charge >= 0.3 is 5.97 Å². The predicted molar refractivity (Wildman–Crippen MR) is 119 cm³/mol. The summed E-state index contributed by atoms with van der Waals surface area (Å²) in [5.74, 6) is -0.593. The Hall–Kier alpha value is -3.62. The summed E-state index contributed by atoms with van der Waals surface area (Å²) < 4.78 is 7.06. The number of para-hydroxylation sites is 1. The summed E-state index contributed by atoms with van der Waals surface area (Å²) in [4.78, 5) is 31.0. The van der Waals surface area contributed by atoms with Crippen molar-refractivity contribution in [3.8, 4) is 10.6 Å². The average molecular weight is 449 g/mol. The van der Waals surface area contributed by atoms with Gasteiger partial charge in [0, 0.05) is 5.39 Å². The number of ether oxygens (including phenoxy) is 1. The summed E-state index contributed by atoms with van der Waals surface area (Å²) in [6.07, 6.45) is 0. The van der Waals surface area contributed by atoms with Crippen LogP contribution in [0.2, 0.25) is 4.34 Å². The maximum absolute atomic E-state index is 13.0. The van der Waals surface area contributed by atoms with Crippen molar-refractivity contribution in [3.05, 3.63) is 87.0 Å². The lowest BCUT2D eigenvalue weighted by molar-refractivity contribution is 0.0338. The number of halogens is 1. The molecule has 0 amide bonds. The number of hydrogen-bond acceptors (Lipinski definition) is 7. The Balaban J connectivity index is 1.50. The molecule has 2 aromatic carbocycles. The van der Waals surface area contributed by atoms with Crippen LogP contribution in [-0.4, -0.2) is 25.9 Å². The van der Waals surface area contributed by atoms with Crippen LogP contribution >= 0.6 is 22.9 Å². The second-order valence-electron chi connectivity index (χ2n) is 6.65. The van der Waals surface area contributed by atoms with Crippen molar-refractivity contribution in [2.45, 2.75) is 6.73 Å². The SMILES string of the molecule is O=C(OCn1nnc2ccccc2c1=O)c1cc(-c2ccc(Cl)s2)nc2ccccc12. The second-order valence-corrected chi connectivity index (χ2v) is 8.36. The normalized spacial score (nSPS) is 11.1. The van der Waals surface area contributed by atoms with Gasteiger partial charge in [0.15, 0.2) is 6.73 Å². The van der Waals surface area contributed by atoms with Crippen molar-refractivity contribution in [1.82, 2.24) is 20.0 Å². The number of aromatic nitrogens is 4. The molecule has 0 atom stereocenters. The van der Waals surface area contributed by atoms with Crippen molar-refractivity contribution in [2.24, 2.45) is 0 Å². The van der Waals surface area contributed by atoms with E-state index < -0.39 is 5.97 Å². The molecule has 0 radical (unpaired) electrons. The van der Waals surface area contributed by atoms with Crippen molar-refractivity contribution >= 4 is 50.7 Å². The molecule has 0 aliphatic rings. The third-order valence-electron chi connectivity index (χ3n) is 4.71. The van der Waals surface area contributed by atoms with E-state index in [-0.39, 0.29) is 12.3 Å². The van der Waals surface area contributed by atoms with E-state index in [9.17, 15) is 9.59 Å². The maximum Gasteiger partial charge on any atom is 0.340 e. The molecule has 0 saturated carbocycles. The van der Waals surface area contributed by atoms with E-state index in [1.807, 2.05) is 24.3 Å². The van der Waals surface area contributed by atoms with Crippen LogP contribution in [-0.2, 0) is 11.5 Å². The van der Waals surface area contributed by atoms with Crippen LogP contribution < -0.4 is 5.56 Å². The smallest absolute Gasteiger partial charge is 0.340 e. The molecule has 0 spiro atoms. The molecule has 0 saturated heterocycles. The molecule has 0 aliphatic carbocycles. The first kappa shape index (κ1) is 19.3. The Morgan fingerprint density at radius 1 is 1.00 bits per heavy atom. The molecular formula is C22H13ClN4O3S. The van der Waals surface area contributed by atoms with Gasteiger partial charge in [-0.05, 0) is 36.4 Å². The van der Waals surface area contributed by atoms with E-state index in [1.165, 1.54) is 11.3 Å². The molecule has 0 bridgehead atoms. The molecular weight excluding hydrogens is 436 g/mol. The van der Waals surface area contributed by atoms with Crippen LogP contribution in [0.4, 0.5) is 0 Å². The van der Waals surface area contributed by atoms with E-state index in [0.29, 0.717) is 37.4 Å². The van der Waals surface area contributed by atoms with Gasteiger partial charge in [-0.25, -0.2) is 9.78 Å². The number of fused-ring (bicyclic) bond motifs is 2. The molecule has 0 unspecified atom stereocenters. The molecule has 3 aromatic heterocycles. The number of benzene rings is 2. The zero-order valence-electron chi connectivity index (χ0n) is 15.9. The van der Waals surface area contributed by atoms with Gasteiger partial charge in [-0.3, -0.25) is 4.79 Å². The highest BCUT2D eigenvalue weighted by atomic mass is 35.5. The van der Waals surface area contributed by atoms with Crippen LogP contribution in [0.1, 0.15) is 10.4 Å². The van der Waals surface area contributed by atoms with Crippen LogP contribution in [0.3, 0.4) is 0 Å². The van der Waals surface area contributed by atoms with E-state index in [4.69, 9.17) is 16.3 Å². The standard InChI is InChI=1S/C22H13ClN4O3S/c23-20-10-9-19(31-20)18-11-15(13-5-1-3-7-16(13)24-18)22(29)30-12-27-21(28)14-6-2-4-8-17(14)25-26-27/h1-11H,12H2. The van der Waals surface area contributed by atoms with Crippen LogP contribution in [0.15, 0.2) is 71.5 Å². The largest absolute Gasteiger partial charge is 0.439 e. The summed E-state index contributed by atoms with van der Waals surface area (Å²) in [5, 5.41) is 8.90. The summed E-state index contributed by atoms with van der Waals surface area (Å²) in [7, 11) is 0. The highest BCUT2D eigenvalue weighted by molar-refractivity contribution is 7.19. The molecule has 5 aromatic rings. The van der Waals surface area contributed by atoms with Crippen molar-refractivity contribution in [3.63, 3.8) is 0 Å². The molecule has 9 heteroatoms. The predicted octanol–water partition coefficient (Wildman–Crippen LogP) is 4.54. The molecule has 5 rings (SSSR count). The first-order valence-electron chi connectivity index (χ1n) is 9.25. The Labute approximate surface area is 184 Å². The number of pyridine rings is 1. The number of carbonyl (C=O) groups excluding carboxylic acids is 1. The van der Waals surface area contributed by atoms with Crippen molar-refractivity contribution < 1.29 is 9.53 Å². The molecule has 0 fully saturated rings. The molecule has 3 heterocycles. The number of hydrogen-bond donors (Lipinski definition) is 0. The topological polar surface area (TPSA) is 87.0 Å². The fraction of sp³-hybridized carbons (Fsp3) is 0.0455. The van der Waals surface area contributed by atoms with Gasteiger partial charge in [-0.15, -0.1) is 16.4 Å². The third kappa shape index (κ3) is 3.67. The Bertz CT molecular complexity index is 1510. The molecule has 0 N–H and O–H groups in total. The van der Waals surface area contributed by atoms with Gasteiger partial charge in [-0.1, -0.05) is 47.1 Å². The summed E-state index contributed by atoms with van der Waals surface area (Å²) in [6.45, 7) is -0.355. The van der Waals surface area contributed by atoms with Crippen molar-refractivity contribution in [2.75, 3.05) is 0 Å². The Morgan fingerprint density at radius 2 is 1.74 bits per heavy atom. The fourth-order valence-corrected chi connectivity index (χ4v) is 4.23. The zero-order valence-corrected chi connectivity index (χ0v) is 17.4. The summed E-state index contributed by atoms with van der Waals surface area (Å²) in [5.41, 5.74) is 1.71. The lowest BCUT2D eigenvalue weighted by atomic mass is 10.1. The van der Waals surface area contributed by atoms with Crippen LogP contribution in [0.25, 0.3) is 32.4 Å². The number of thiophene rings is 1. The minimum absolute atomic E-state index is 0.340. The maximum atomic E-state index is 13.0. The molecule has 152 valence electrons. The van der Waals surface area contributed by atoms with Gasteiger partial charge < -0.3 is 4.74 Å². The summed E-state index contributed by atoms with van der Waals surface area (Å²) in [6, 6.07) is 19.4. The quantitative estimate of drug-likeness (QED) is 0.375. The zero-order chi connectivity index (χ0) is 21.4. The van der Waals surface area contributed by atoms with Crippen LogP contribution in [0.5, 0.6) is 0 Å². The number of nitrogens with zero attached hydrogens (tertiary/aromatic N) is 4. The van der Waals surface area contributed by atoms with Gasteiger partial charge in [0.25, 0.3) is 5.56 Å². The lowest BCUT2D eigenvalue weighted by Crippen LogP contribution is -2.26.